The zero-order valence-electron chi connectivity index (χ0n) is 24.2. The standard InChI is InChI=1S/C32H39N3O5S/c1-23-16-18-29(19-17-23)41(38,39)35(30-15-8-5-10-24(30)2)22-31(36)34(21-26-11-9-14-28(20-26)40-4)25(3)32(37)33-27-12-6-7-13-27/h5,8-11,14-20,25,27H,6-7,12-13,21-22H2,1-4H3,(H,33,37)/t25-/m0/s1. The summed E-state index contributed by atoms with van der Waals surface area (Å²) in [6.07, 6.45) is 3.96. The Balaban J connectivity index is 1.70. The van der Waals surface area contributed by atoms with E-state index in [1.807, 2.05) is 44.2 Å². The number of aryl methyl sites for hydroxylation is 2. The summed E-state index contributed by atoms with van der Waals surface area (Å²) in [6.45, 7) is 5.03. The molecule has 3 aromatic carbocycles. The molecular formula is C32H39N3O5S. The van der Waals surface area contributed by atoms with Crippen LogP contribution in [-0.4, -0.2) is 50.9 Å². The van der Waals surface area contributed by atoms with Gasteiger partial charge in [-0.3, -0.25) is 13.9 Å². The Morgan fingerprint density at radius 1 is 0.976 bits per heavy atom. The van der Waals surface area contributed by atoms with Crippen molar-refractivity contribution in [3.63, 3.8) is 0 Å². The maximum atomic E-state index is 14.1. The lowest BCUT2D eigenvalue weighted by Crippen LogP contribution is -2.52. The van der Waals surface area contributed by atoms with Crippen LogP contribution in [0.3, 0.4) is 0 Å². The molecule has 1 aliphatic carbocycles. The molecule has 4 rings (SSSR count). The second-order valence-electron chi connectivity index (χ2n) is 10.7. The van der Waals surface area contributed by atoms with Gasteiger partial charge in [0, 0.05) is 12.6 Å². The van der Waals surface area contributed by atoms with Crippen LogP contribution in [0.1, 0.15) is 49.3 Å². The van der Waals surface area contributed by atoms with Crippen molar-refractivity contribution in [3.8, 4) is 5.75 Å². The number of nitrogens with one attached hydrogen (secondary N) is 1. The quantitative estimate of drug-likeness (QED) is 0.347. The lowest BCUT2D eigenvalue weighted by atomic mass is 10.1. The van der Waals surface area contributed by atoms with Crippen LogP contribution in [0.5, 0.6) is 5.75 Å². The molecule has 1 atom stereocenters. The fourth-order valence-corrected chi connectivity index (χ4v) is 6.61. The first-order chi connectivity index (χ1) is 19.6. The fourth-order valence-electron chi connectivity index (χ4n) is 5.14. The summed E-state index contributed by atoms with van der Waals surface area (Å²) < 4.78 is 34.5. The third-order valence-corrected chi connectivity index (χ3v) is 9.40. The SMILES string of the molecule is COc1cccc(CN(C(=O)CN(c2ccccc2C)S(=O)(=O)c2ccc(C)cc2)[C@@H](C)C(=O)NC2CCCC2)c1. The third kappa shape index (κ3) is 7.27. The number of nitrogens with zero attached hydrogens (tertiary/aromatic N) is 2. The number of carbonyl (C=O) groups excluding carboxylic acids is 2. The number of sulfonamides is 1. The minimum absolute atomic E-state index is 0.0871. The van der Waals surface area contributed by atoms with Crippen molar-refractivity contribution in [2.75, 3.05) is 18.0 Å². The molecule has 1 N–H and O–H groups in total. The number of benzene rings is 3. The van der Waals surface area contributed by atoms with Crippen LogP contribution in [0.4, 0.5) is 5.69 Å². The van der Waals surface area contributed by atoms with E-state index in [1.54, 1.807) is 56.5 Å². The Hall–Kier alpha value is -3.85. The lowest BCUT2D eigenvalue weighted by Gasteiger charge is -2.33. The molecule has 0 heterocycles. The highest BCUT2D eigenvalue weighted by Crippen LogP contribution is 2.28. The summed E-state index contributed by atoms with van der Waals surface area (Å²) in [5.74, 6) is -0.112. The summed E-state index contributed by atoms with van der Waals surface area (Å²) in [6, 6.07) is 20.2. The molecule has 0 saturated heterocycles. The Labute approximate surface area is 243 Å². The molecule has 0 radical (unpaired) electrons. The van der Waals surface area contributed by atoms with E-state index in [1.165, 1.54) is 4.90 Å². The van der Waals surface area contributed by atoms with Crippen molar-refractivity contribution in [2.24, 2.45) is 0 Å². The monoisotopic (exact) mass is 577 g/mol. The lowest BCUT2D eigenvalue weighted by molar-refractivity contribution is -0.139. The van der Waals surface area contributed by atoms with Gasteiger partial charge in [0.15, 0.2) is 0 Å². The molecule has 8 nitrogen and oxygen atoms in total. The maximum Gasteiger partial charge on any atom is 0.264 e. The van der Waals surface area contributed by atoms with E-state index in [0.717, 1.165) is 41.1 Å². The summed E-state index contributed by atoms with van der Waals surface area (Å²) in [4.78, 5) is 29.0. The van der Waals surface area contributed by atoms with Gasteiger partial charge in [0.05, 0.1) is 17.7 Å². The van der Waals surface area contributed by atoms with Crippen molar-refractivity contribution in [1.82, 2.24) is 10.2 Å². The van der Waals surface area contributed by atoms with Gasteiger partial charge in [0.2, 0.25) is 11.8 Å². The number of hydrogen-bond donors (Lipinski definition) is 1. The zero-order valence-corrected chi connectivity index (χ0v) is 25.0. The van der Waals surface area contributed by atoms with E-state index in [-0.39, 0.29) is 23.4 Å². The van der Waals surface area contributed by atoms with Gasteiger partial charge in [-0.05, 0) is 75.1 Å². The van der Waals surface area contributed by atoms with Gasteiger partial charge in [-0.2, -0.15) is 0 Å². The first-order valence-electron chi connectivity index (χ1n) is 14.0. The van der Waals surface area contributed by atoms with Crippen LogP contribution in [0.2, 0.25) is 0 Å². The van der Waals surface area contributed by atoms with Crippen molar-refractivity contribution in [3.05, 3.63) is 89.5 Å². The molecule has 1 saturated carbocycles. The van der Waals surface area contributed by atoms with Gasteiger partial charge < -0.3 is 15.0 Å². The average Bonchev–Trinajstić information content (AvgIpc) is 3.48. The van der Waals surface area contributed by atoms with Crippen molar-refractivity contribution >= 4 is 27.5 Å². The number of methoxy groups -OCH3 is 1. The Kier molecular flexibility index (Phi) is 9.70. The van der Waals surface area contributed by atoms with Crippen LogP contribution >= 0.6 is 0 Å². The Bertz CT molecular complexity index is 1470. The van der Waals surface area contributed by atoms with Crippen LogP contribution in [0.15, 0.2) is 77.7 Å². The maximum absolute atomic E-state index is 14.1. The molecule has 218 valence electrons. The zero-order chi connectivity index (χ0) is 29.6. The molecular weight excluding hydrogens is 538 g/mol. The number of amides is 2. The average molecular weight is 578 g/mol. The van der Waals surface area contributed by atoms with Gasteiger partial charge in [0.25, 0.3) is 10.0 Å². The predicted octanol–water partition coefficient (Wildman–Crippen LogP) is 4.98. The second kappa shape index (κ2) is 13.2. The van der Waals surface area contributed by atoms with Crippen LogP contribution < -0.4 is 14.4 Å². The molecule has 0 unspecified atom stereocenters. The first kappa shape index (κ1) is 30.1. The van der Waals surface area contributed by atoms with Gasteiger partial charge in [-0.25, -0.2) is 8.42 Å². The molecule has 9 heteroatoms. The van der Waals surface area contributed by atoms with Crippen LogP contribution in [0.25, 0.3) is 0 Å². The smallest absolute Gasteiger partial charge is 0.264 e. The molecule has 0 bridgehead atoms. The highest BCUT2D eigenvalue weighted by Gasteiger charge is 2.33. The van der Waals surface area contributed by atoms with Crippen LogP contribution in [-0.2, 0) is 26.2 Å². The topological polar surface area (TPSA) is 96.0 Å². The second-order valence-corrected chi connectivity index (χ2v) is 12.5. The number of hydrogen-bond acceptors (Lipinski definition) is 5. The van der Waals surface area contributed by atoms with E-state index in [4.69, 9.17) is 4.74 Å². The number of anilines is 1. The molecule has 0 spiro atoms. The van der Waals surface area contributed by atoms with Gasteiger partial charge in [0.1, 0.15) is 18.3 Å². The predicted molar refractivity (Wildman–Crippen MR) is 160 cm³/mol. The van der Waals surface area contributed by atoms with Gasteiger partial charge >= 0.3 is 0 Å². The Morgan fingerprint density at radius 3 is 2.32 bits per heavy atom. The minimum atomic E-state index is -4.10. The van der Waals surface area contributed by atoms with Crippen molar-refractivity contribution in [2.45, 2.75) is 70.0 Å². The summed E-state index contributed by atoms with van der Waals surface area (Å²) >= 11 is 0. The van der Waals surface area contributed by atoms with Gasteiger partial charge in [-0.1, -0.05) is 60.9 Å². The normalized spacial score (nSPS) is 14.3. The molecule has 1 aliphatic rings. The Morgan fingerprint density at radius 2 is 1.66 bits per heavy atom. The molecule has 0 aliphatic heterocycles. The molecule has 1 fully saturated rings. The summed E-state index contributed by atoms with van der Waals surface area (Å²) in [5, 5.41) is 3.09. The molecule has 2 amide bonds. The largest absolute Gasteiger partial charge is 0.497 e. The highest BCUT2D eigenvalue weighted by atomic mass is 32.2. The van der Waals surface area contributed by atoms with E-state index in [2.05, 4.69) is 5.32 Å². The number of ether oxygens (including phenoxy) is 1. The van der Waals surface area contributed by atoms with E-state index < -0.39 is 28.5 Å². The summed E-state index contributed by atoms with van der Waals surface area (Å²) in [5.41, 5.74) is 2.81. The van der Waals surface area contributed by atoms with E-state index in [0.29, 0.717) is 17.0 Å². The molecule has 3 aromatic rings. The van der Waals surface area contributed by atoms with Gasteiger partial charge in [-0.15, -0.1) is 0 Å². The molecule has 41 heavy (non-hydrogen) atoms. The third-order valence-electron chi connectivity index (χ3n) is 7.63. The van der Waals surface area contributed by atoms with Crippen molar-refractivity contribution < 1.29 is 22.7 Å². The molecule has 0 aromatic heterocycles. The van der Waals surface area contributed by atoms with E-state index >= 15 is 0 Å². The number of rotatable bonds is 11. The minimum Gasteiger partial charge on any atom is -0.497 e. The first-order valence-corrected chi connectivity index (χ1v) is 15.4. The summed E-state index contributed by atoms with van der Waals surface area (Å²) in [7, 11) is -2.54. The fraction of sp³-hybridized carbons (Fsp3) is 0.375. The number of para-hydroxylation sites is 1. The van der Waals surface area contributed by atoms with Crippen LogP contribution in [0, 0.1) is 13.8 Å². The van der Waals surface area contributed by atoms with Crippen molar-refractivity contribution in [1.29, 1.82) is 0 Å². The number of carbonyl (C=O) groups is 2. The highest BCUT2D eigenvalue weighted by molar-refractivity contribution is 7.92. The van der Waals surface area contributed by atoms with E-state index in [9.17, 15) is 18.0 Å².